The summed E-state index contributed by atoms with van der Waals surface area (Å²) in [6.45, 7) is 0. The van der Waals surface area contributed by atoms with Crippen LogP contribution in [0.3, 0.4) is 0 Å². The summed E-state index contributed by atoms with van der Waals surface area (Å²) < 4.78 is 37.3. The van der Waals surface area contributed by atoms with E-state index in [1.165, 1.54) is 6.07 Å². The predicted octanol–water partition coefficient (Wildman–Crippen LogP) is 3.16. The van der Waals surface area contributed by atoms with Gasteiger partial charge < -0.3 is 4.90 Å². The molecule has 0 unspecified atom stereocenters. The highest BCUT2D eigenvalue weighted by Crippen LogP contribution is 2.31. The van der Waals surface area contributed by atoms with Crippen LogP contribution >= 0.6 is 23.4 Å². The Morgan fingerprint density at radius 2 is 1.86 bits per heavy atom. The Bertz CT molecular complexity index is 633. The van der Waals surface area contributed by atoms with E-state index < -0.39 is 11.7 Å². The van der Waals surface area contributed by atoms with Gasteiger partial charge in [-0.2, -0.15) is 28.1 Å². The molecule has 0 atom stereocenters. The molecule has 2 rings (SSSR count). The van der Waals surface area contributed by atoms with Crippen molar-refractivity contribution in [3.05, 3.63) is 29.2 Å². The Morgan fingerprint density at radius 3 is 2.38 bits per heavy atom. The summed E-state index contributed by atoms with van der Waals surface area (Å²) in [5.74, 6) is 0.351. The number of pyridine rings is 1. The fourth-order valence-electron chi connectivity index (χ4n) is 1.27. The Hall–Kier alpha value is -1.61. The average Bonchev–Trinajstić information content (AvgIpc) is 2.37. The van der Waals surface area contributed by atoms with Crippen LogP contribution in [-0.4, -0.2) is 34.0 Å². The zero-order valence-electron chi connectivity index (χ0n) is 10.9. The predicted molar refractivity (Wildman–Crippen MR) is 72.5 cm³/mol. The normalized spacial score (nSPS) is 11.5. The lowest BCUT2D eigenvalue weighted by molar-refractivity contribution is -0.137. The quantitative estimate of drug-likeness (QED) is 0.859. The third kappa shape index (κ3) is 4.18. The average molecular weight is 336 g/mol. The van der Waals surface area contributed by atoms with Crippen molar-refractivity contribution in [3.8, 4) is 0 Å². The fourth-order valence-corrected chi connectivity index (χ4v) is 2.16. The zero-order chi connectivity index (χ0) is 15.6. The fraction of sp³-hybridized carbons (Fsp3) is 0.273. The van der Waals surface area contributed by atoms with E-state index in [4.69, 9.17) is 11.6 Å². The van der Waals surface area contributed by atoms with Gasteiger partial charge in [0.05, 0.1) is 5.56 Å². The largest absolute Gasteiger partial charge is 0.417 e. The summed E-state index contributed by atoms with van der Waals surface area (Å²) in [6.07, 6.45) is -3.65. The molecule has 0 saturated carbocycles. The molecule has 2 aromatic rings. The minimum Gasteiger partial charge on any atom is -0.347 e. The summed E-state index contributed by atoms with van der Waals surface area (Å²) in [5.41, 5.74) is -0.811. The molecule has 0 aliphatic carbocycles. The van der Waals surface area contributed by atoms with Crippen LogP contribution in [0.1, 0.15) is 5.56 Å². The second-order valence-electron chi connectivity index (χ2n) is 4.07. The SMILES string of the molecule is CN(C)c1nc(Cl)nc(Sc2ccc(C(F)(F)F)cn2)n1. The molecule has 10 heteroatoms. The van der Waals surface area contributed by atoms with Crippen molar-refractivity contribution in [2.24, 2.45) is 0 Å². The highest BCUT2D eigenvalue weighted by atomic mass is 35.5. The maximum absolute atomic E-state index is 12.4. The van der Waals surface area contributed by atoms with Gasteiger partial charge in [-0.05, 0) is 35.5 Å². The second-order valence-corrected chi connectivity index (χ2v) is 5.39. The summed E-state index contributed by atoms with van der Waals surface area (Å²) >= 11 is 6.77. The zero-order valence-corrected chi connectivity index (χ0v) is 12.5. The number of hydrogen-bond acceptors (Lipinski definition) is 6. The minimum atomic E-state index is -4.41. The lowest BCUT2D eigenvalue weighted by Crippen LogP contribution is -2.13. The van der Waals surface area contributed by atoms with Gasteiger partial charge in [-0.1, -0.05) is 0 Å². The van der Waals surface area contributed by atoms with E-state index in [1.54, 1.807) is 19.0 Å². The van der Waals surface area contributed by atoms with Gasteiger partial charge >= 0.3 is 6.18 Å². The molecular formula is C11H9ClF3N5S. The van der Waals surface area contributed by atoms with Crippen LogP contribution < -0.4 is 4.90 Å². The number of hydrogen-bond donors (Lipinski definition) is 0. The second kappa shape index (κ2) is 6.02. The molecule has 0 N–H and O–H groups in total. The smallest absolute Gasteiger partial charge is 0.347 e. The number of aromatic nitrogens is 4. The maximum atomic E-state index is 12.4. The van der Waals surface area contributed by atoms with Gasteiger partial charge in [-0.25, -0.2) is 4.98 Å². The van der Waals surface area contributed by atoms with Gasteiger partial charge in [0, 0.05) is 20.3 Å². The van der Waals surface area contributed by atoms with Gasteiger partial charge in [-0.3, -0.25) is 0 Å². The maximum Gasteiger partial charge on any atom is 0.417 e. The highest BCUT2D eigenvalue weighted by Gasteiger charge is 2.30. The Morgan fingerprint density at radius 1 is 1.14 bits per heavy atom. The van der Waals surface area contributed by atoms with E-state index in [2.05, 4.69) is 19.9 Å². The Labute approximate surface area is 127 Å². The van der Waals surface area contributed by atoms with Crippen LogP contribution in [0.25, 0.3) is 0 Å². The van der Waals surface area contributed by atoms with Crippen LogP contribution in [0, 0.1) is 0 Å². The molecule has 0 aromatic carbocycles. The Balaban J connectivity index is 2.22. The summed E-state index contributed by atoms with van der Waals surface area (Å²) in [5, 5.41) is 0.587. The third-order valence-corrected chi connectivity index (χ3v) is 3.22. The number of nitrogens with zero attached hydrogens (tertiary/aromatic N) is 5. The van der Waals surface area contributed by atoms with Gasteiger partial charge in [0.15, 0.2) is 5.16 Å². The molecule has 5 nitrogen and oxygen atoms in total. The van der Waals surface area contributed by atoms with Gasteiger partial charge in [-0.15, -0.1) is 0 Å². The summed E-state index contributed by atoms with van der Waals surface area (Å²) in [4.78, 5) is 17.3. The molecular weight excluding hydrogens is 327 g/mol. The van der Waals surface area contributed by atoms with Crippen molar-refractivity contribution >= 4 is 29.3 Å². The lowest BCUT2D eigenvalue weighted by Gasteiger charge is -2.10. The molecule has 2 heterocycles. The van der Waals surface area contributed by atoms with Crippen LogP contribution in [0.5, 0.6) is 0 Å². The highest BCUT2D eigenvalue weighted by molar-refractivity contribution is 7.99. The topological polar surface area (TPSA) is 54.8 Å². The van der Waals surface area contributed by atoms with E-state index in [0.29, 0.717) is 11.0 Å². The molecule has 2 aromatic heterocycles. The summed E-state index contributed by atoms with van der Waals surface area (Å²) in [7, 11) is 3.47. The lowest BCUT2D eigenvalue weighted by atomic mass is 10.3. The van der Waals surface area contributed by atoms with Gasteiger partial charge in [0.2, 0.25) is 11.2 Å². The van der Waals surface area contributed by atoms with Crippen molar-refractivity contribution in [2.75, 3.05) is 19.0 Å². The number of alkyl halides is 3. The monoisotopic (exact) mass is 335 g/mol. The molecule has 0 saturated heterocycles. The molecule has 0 aliphatic heterocycles. The molecule has 0 spiro atoms. The van der Waals surface area contributed by atoms with Crippen molar-refractivity contribution < 1.29 is 13.2 Å². The third-order valence-electron chi connectivity index (χ3n) is 2.24. The first-order chi connectivity index (χ1) is 9.75. The van der Waals surface area contributed by atoms with E-state index in [0.717, 1.165) is 24.0 Å². The summed E-state index contributed by atoms with van der Waals surface area (Å²) in [6, 6.07) is 2.20. The number of anilines is 1. The van der Waals surface area contributed by atoms with Crippen molar-refractivity contribution in [1.29, 1.82) is 0 Å². The molecule has 0 aliphatic rings. The molecule has 21 heavy (non-hydrogen) atoms. The number of rotatable bonds is 3. The van der Waals surface area contributed by atoms with Gasteiger partial charge in [0.1, 0.15) is 5.03 Å². The van der Waals surface area contributed by atoms with E-state index in [9.17, 15) is 13.2 Å². The molecule has 0 bridgehead atoms. The molecule has 0 amide bonds. The first kappa shape index (κ1) is 15.8. The standard InChI is InChI=1S/C11H9ClF3N5S/c1-20(2)9-17-8(12)18-10(19-9)21-7-4-3-6(5-16-7)11(13,14)15/h3-5H,1-2H3. The van der Waals surface area contributed by atoms with E-state index in [-0.39, 0.29) is 10.4 Å². The van der Waals surface area contributed by atoms with Crippen molar-refractivity contribution in [3.63, 3.8) is 0 Å². The number of halogens is 4. The van der Waals surface area contributed by atoms with Crippen molar-refractivity contribution in [1.82, 2.24) is 19.9 Å². The van der Waals surface area contributed by atoms with E-state index >= 15 is 0 Å². The first-order valence-corrected chi connectivity index (χ1v) is 6.75. The first-order valence-electron chi connectivity index (χ1n) is 5.56. The van der Waals surface area contributed by atoms with Gasteiger partial charge in [0.25, 0.3) is 0 Å². The minimum absolute atomic E-state index is 0.00288. The van der Waals surface area contributed by atoms with Crippen LogP contribution in [0.4, 0.5) is 19.1 Å². The van der Waals surface area contributed by atoms with Crippen LogP contribution in [0.2, 0.25) is 5.28 Å². The van der Waals surface area contributed by atoms with Crippen LogP contribution in [-0.2, 0) is 6.18 Å². The van der Waals surface area contributed by atoms with E-state index in [1.807, 2.05) is 0 Å². The Kier molecular flexibility index (Phi) is 4.52. The molecule has 112 valence electrons. The van der Waals surface area contributed by atoms with Crippen LogP contribution in [0.15, 0.2) is 28.5 Å². The van der Waals surface area contributed by atoms with Crippen molar-refractivity contribution in [2.45, 2.75) is 16.4 Å². The molecule has 0 radical (unpaired) electrons. The molecule has 0 fully saturated rings.